The van der Waals surface area contributed by atoms with Gasteiger partial charge in [0.1, 0.15) is 18.1 Å². The SMILES string of the molecule is COc1ccc(COc2cc(-c3ccn(C)n3)c3cnn(-c4cccc(CO[Si](C)(C)C(C)(C)C)n4)c3c2)cc1. The lowest BCUT2D eigenvalue weighted by molar-refractivity contribution is 0.272. The first-order valence-corrected chi connectivity index (χ1v) is 16.3. The Balaban J connectivity index is 1.49. The smallest absolute Gasteiger partial charge is 0.192 e. The standard InChI is InChI=1S/C31H37N5O3Si/c1-31(2,3)40(6,7)39-21-23-9-8-10-30(33-23)36-29-18-25(38-20-22-11-13-24(37-5)14-12-22)17-26(27(29)19-32-36)28-15-16-35(4)34-28/h8-19H,20-21H2,1-7H3. The number of fused-ring (bicyclic) bond motifs is 1. The van der Waals surface area contributed by atoms with Crippen LogP contribution in [-0.4, -0.2) is 40.0 Å². The fourth-order valence-corrected chi connectivity index (χ4v) is 5.10. The second kappa shape index (κ2) is 10.9. The molecule has 0 unspecified atom stereocenters. The first-order valence-electron chi connectivity index (χ1n) is 13.4. The van der Waals surface area contributed by atoms with E-state index in [0.717, 1.165) is 50.7 Å². The van der Waals surface area contributed by atoms with Gasteiger partial charge in [-0.25, -0.2) is 9.67 Å². The number of aromatic nitrogens is 5. The lowest BCUT2D eigenvalue weighted by atomic mass is 10.1. The van der Waals surface area contributed by atoms with E-state index in [1.54, 1.807) is 11.8 Å². The maximum Gasteiger partial charge on any atom is 0.192 e. The molecule has 0 bridgehead atoms. The van der Waals surface area contributed by atoms with Gasteiger partial charge in [0, 0.05) is 30.3 Å². The van der Waals surface area contributed by atoms with E-state index in [9.17, 15) is 0 Å². The van der Waals surface area contributed by atoms with Gasteiger partial charge in [-0.2, -0.15) is 10.2 Å². The quantitative estimate of drug-likeness (QED) is 0.184. The van der Waals surface area contributed by atoms with Gasteiger partial charge < -0.3 is 13.9 Å². The lowest BCUT2D eigenvalue weighted by Crippen LogP contribution is -2.40. The Hall–Kier alpha value is -3.95. The molecule has 0 radical (unpaired) electrons. The second-order valence-corrected chi connectivity index (χ2v) is 16.3. The summed E-state index contributed by atoms with van der Waals surface area (Å²) >= 11 is 0. The summed E-state index contributed by atoms with van der Waals surface area (Å²) in [5.74, 6) is 2.27. The van der Waals surface area contributed by atoms with Gasteiger partial charge in [0.25, 0.3) is 0 Å². The van der Waals surface area contributed by atoms with Gasteiger partial charge in [0.2, 0.25) is 0 Å². The molecule has 5 aromatic rings. The van der Waals surface area contributed by atoms with Crippen LogP contribution in [0.1, 0.15) is 32.0 Å². The van der Waals surface area contributed by atoms with Crippen LogP contribution in [0.15, 0.2) is 73.1 Å². The minimum absolute atomic E-state index is 0.132. The number of methoxy groups -OCH3 is 1. The molecular formula is C31H37N5O3Si. The van der Waals surface area contributed by atoms with Crippen molar-refractivity contribution in [3.63, 3.8) is 0 Å². The Morgan fingerprint density at radius 2 is 1.70 bits per heavy atom. The summed E-state index contributed by atoms with van der Waals surface area (Å²) in [4.78, 5) is 4.92. The predicted molar refractivity (Wildman–Crippen MR) is 160 cm³/mol. The number of pyridine rings is 1. The Labute approximate surface area is 236 Å². The normalized spacial score (nSPS) is 12.2. The molecule has 5 rings (SSSR count). The summed E-state index contributed by atoms with van der Waals surface area (Å²) in [6, 6.07) is 19.9. The van der Waals surface area contributed by atoms with Crippen molar-refractivity contribution >= 4 is 19.2 Å². The van der Waals surface area contributed by atoms with Crippen LogP contribution >= 0.6 is 0 Å². The summed E-state index contributed by atoms with van der Waals surface area (Å²) in [5.41, 5.74) is 4.62. The summed E-state index contributed by atoms with van der Waals surface area (Å²) in [6.45, 7) is 12.1. The van der Waals surface area contributed by atoms with Crippen molar-refractivity contribution in [2.45, 2.75) is 52.1 Å². The van der Waals surface area contributed by atoms with Crippen molar-refractivity contribution in [1.82, 2.24) is 24.5 Å². The Morgan fingerprint density at radius 3 is 2.38 bits per heavy atom. The minimum atomic E-state index is -1.90. The molecule has 3 heterocycles. The number of benzene rings is 2. The van der Waals surface area contributed by atoms with Gasteiger partial charge in [-0.05, 0) is 60.1 Å². The number of rotatable bonds is 9. The zero-order valence-electron chi connectivity index (χ0n) is 24.3. The number of hydrogen-bond donors (Lipinski definition) is 0. The average molecular weight is 556 g/mol. The van der Waals surface area contributed by atoms with Crippen LogP contribution in [0.4, 0.5) is 0 Å². The summed E-state index contributed by atoms with van der Waals surface area (Å²) < 4.78 is 21.6. The third kappa shape index (κ3) is 5.80. The fourth-order valence-electron chi connectivity index (χ4n) is 4.16. The molecule has 0 aliphatic rings. The number of aryl methyl sites for hydroxylation is 1. The molecule has 3 aromatic heterocycles. The lowest BCUT2D eigenvalue weighted by Gasteiger charge is -2.36. The zero-order chi connectivity index (χ0) is 28.5. The van der Waals surface area contributed by atoms with Gasteiger partial charge in [0.05, 0.1) is 36.8 Å². The molecule has 0 amide bonds. The van der Waals surface area contributed by atoms with E-state index in [-0.39, 0.29) is 5.04 Å². The molecule has 8 nitrogen and oxygen atoms in total. The molecule has 9 heteroatoms. The summed E-state index contributed by atoms with van der Waals surface area (Å²) in [6.07, 6.45) is 3.80. The maximum absolute atomic E-state index is 6.43. The molecular weight excluding hydrogens is 518 g/mol. The highest BCUT2D eigenvalue weighted by molar-refractivity contribution is 6.74. The Morgan fingerprint density at radius 1 is 0.925 bits per heavy atom. The van der Waals surface area contributed by atoms with E-state index >= 15 is 0 Å². The molecule has 40 heavy (non-hydrogen) atoms. The molecule has 0 aliphatic carbocycles. The molecule has 0 N–H and O–H groups in total. The van der Waals surface area contributed by atoms with E-state index < -0.39 is 8.32 Å². The molecule has 0 fully saturated rings. The van der Waals surface area contributed by atoms with Gasteiger partial charge in [-0.15, -0.1) is 0 Å². The number of ether oxygens (including phenoxy) is 2. The van der Waals surface area contributed by atoms with Gasteiger partial charge in [0.15, 0.2) is 14.1 Å². The first-order chi connectivity index (χ1) is 19.0. The van der Waals surface area contributed by atoms with Crippen LogP contribution in [0.2, 0.25) is 18.1 Å². The number of hydrogen-bond acceptors (Lipinski definition) is 6. The van der Waals surface area contributed by atoms with Crippen molar-refractivity contribution < 1.29 is 13.9 Å². The topological polar surface area (TPSA) is 76.2 Å². The third-order valence-corrected chi connectivity index (χ3v) is 12.1. The average Bonchev–Trinajstić information content (AvgIpc) is 3.56. The van der Waals surface area contributed by atoms with Crippen molar-refractivity contribution in [2.24, 2.45) is 7.05 Å². The maximum atomic E-state index is 6.43. The van der Waals surface area contributed by atoms with Crippen LogP contribution in [0.25, 0.3) is 28.0 Å². The van der Waals surface area contributed by atoms with Gasteiger partial charge >= 0.3 is 0 Å². The first kappa shape index (κ1) is 27.6. The van der Waals surface area contributed by atoms with Crippen LogP contribution in [0, 0.1) is 0 Å². The Kier molecular flexibility index (Phi) is 7.52. The van der Waals surface area contributed by atoms with Crippen LogP contribution < -0.4 is 9.47 Å². The van der Waals surface area contributed by atoms with Crippen molar-refractivity contribution in [3.8, 4) is 28.6 Å². The van der Waals surface area contributed by atoms with Crippen molar-refractivity contribution in [2.75, 3.05) is 7.11 Å². The van der Waals surface area contributed by atoms with Gasteiger partial charge in [-0.3, -0.25) is 4.68 Å². The molecule has 0 spiro atoms. The van der Waals surface area contributed by atoms with Crippen LogP contribution in [0.5, 0.6) is 11.5 Å². The van der Waals surface area contributed by atoms with E-state index in [1.165, 1.54) is 0 Å². The van der Waals surface area contributed by atoms with E-state index in [0.29, 0.717) is 13.2 Å². The van der Waals surface area contributed by atoms with Gasteiger partial charge in [-0.1, -0.05) is 39.0 Å². The van der Waals surface area contributed by atoms with Crippen molar-refractivity contribution in [1.29, 1.82) is 0 Å². The molecule has 0 atom stereocenters. The van der Waals surface area contributed by atoms with Crippen LogP contribution in [0.3, 0.4) is 0 Å². The zero-order valence-corrected chi connectivity index (χ0v) is 25.3. The van der Waals surface area contributed by atoms with E-state index in [1.807, 2.05) is 84.8 Å². The minimum Gasteiger partial charge on any atom is -0.497 e. The molecule has 0 saturated carbocycles. The Bertz CT molecular complexity index is 1620. The highest BCUT2D eigenvalue weighted by Crippen LogP contribution is 2.37. The van der Waals surface area contributed by atoms with E-state index in [4.69, 9.17) is 24.0 Å². The monoisotopic (exact) mass is 555 g/mol. The molecule has 0 aliphatic heterocycles. The largest absolute Gasteiger partial charge is 0.497 e. The summed E-state index contributed by atoms with van der Waals surface area (Å²) in [5, 5.41) is 10.5. The second-order valence-electron chi connectivity index (χ2n) is 11.5. The third-order valence-electron chi connectivity index (χ3n) is 7.61. The highest BCUT2D eigenvalue weighted by Gasteiger charge is 2.37. The number of nitrogens with zero attached hydrogens (tertiary/aromatic N) is 5. The predicted octanol–water partition coefficient (Wildman–Crippen LogP) is 6.93. The molecule has 0 saturated heterocycles. The molecule has 2 aromatic carbocycles. The van der Waals surface area contributed by atoms with E-state index in [2.05, 4.69) is 39.0 Å². The summed E-state index contributed by atoms with van der Waals surface area (Å²) in [7, 11) is 1.67. The molecule has 208 valence electrons. The van der Waals surface area contributed by atoms with Crippen molar-refractivity contribution in [3.05, 3.63) is 84.3 Å². The van der Waals surface area contributed by atoms with Crippen LogP contribution in [-0.2, 0) is 24.7 Å². The highest BCUT2D eigenvalue weighted by atomic mass is 28.4. The fraction of sp³-hybridized carbons (Fsp3) is 0.323.